The summed E-state index contributed by atoms with van der Waals surface area (Å²) in [6, 6.07) is 4.94. The second kappa shape index (κ2) is 3.90. The smallest absolute Gasteiger partial charge is 0.205 e. The Hall–Kier alpha value is 0.0600. The molecule has 0 saturated heterocycles. The topological polar surface area (TPSA) is 0 Å². The normalized spacial score (nSPS) is 11.5. The third-order valence-electron chi connectivity index (χ3n) is 1.84. The molecule has 0 saturated carbocycles. The molecule has 0 N–H and O–H groups in total. The molecule has 0 radical (unpaired) electrons. The zero-order chi connectivity index (χ0) is 10.3. The van der Waals surface area contributed by atoms with Gasteiger partial charge in [-0.15, -0.1) is 11.3 Å². The Bertz CT molecular complexity index is 481. The predicted octanol–water partition coefficient (Wildman–Crippen LogP) is 5.10. The zero-order valence-electron chi connectivity index (χ0n) is 6.73. The molecular formula is C9H4ClF2IS. The fraction of sp³-hybridized carbons (Fsp3) is 0.111. The van der Waals surface area contributed by atoms with E-state index >= 15 is 0 Å². The fourth-order valence-corrected chi connectivity index (χ4v) is 3.38. The van der Waals surface area contributed by atoms with Crippen LogP contribution in [-0.2, 0) is 0 Å². The first-order valence-corrected chi connectivity index (χ1v) is 6.02. The van der Waals surface area contributed by atoms with E-state index in [4.69, 9.17) is 11.6 Å². The van der Waals surface area contributed by atoms with E-state index in [0.29, 0.717) is 0 Å². The highest BCUT2D eigenvalue weighted by atomic mass is 127. The van der Waals surface area contributed by atoms with Gasteiger partial charge in [-0.25, -0.2) is 8.78 Å². The van der Waals surface area contributed by atoms with E-state index in [-0.39, 0.29) is 10.6 Å². The van der Waals surface area contributed by atoms with E-state index in [0.717, 1.165) is 13.0 Å². The first-order valence-electron chi connectivity index (χ1n) is 3.74. The molecule has 0 aliphatic rings. The molecule has 1 heterocycles. The molecule has 1 aromatic carbocycles. The summed E-state index contributed by atoms with van der Waals surface area (Å²) in [7, 11) is 0. The minimum atomic E-state index is -2.51. The van der Waals surface area contributed by atoms with Gasteiger partial charge in [0.25, 0.3) is 6.43 Å². The van der Waals surface area contributed by atoms with Crippen molar-refractivity contribution in [2.75, 3.05) is 0 Å². The summed E-state index contributed by atoms with van der Waals surface area (Å²) < 4.78 is 27.0. The van der Waals surface area contributed by atoms with Gasteiger partial charge in [-0.2, -0.15) is 0 Å². The van der Waals surface area contributed by atoms with Crippen LogP contribution in [0.15, 0.2) is 18.2 Å². The van der Waals surface area contributed by atoms with Gasteiger partial charge in [0.15, 0.2) is 0 Å². The van der Waals surface area contributed by atoms with Crippen LogP contribution >= 0.6 is 45.5 Å². The number of halogens is 4. The maximum Gasteiger partial charge on any atom is 0.265 e. The Morgan fingerprint density at radius 1 is 1.29 bits per heavy atom. The quantitative estimate of drug-likeness (QED) is 0.632. The Kier molecular flexibility index (Phi) is 2.95. The SMILES string of the molecule is FC(F)c1cc2cc(I)sc2cc1Cl. The van der Waals surface area contributed by atoms with Gasteiger partial charge in [-0.3, -0.25) is 0 Å². The standard InChI is InChI=1S/C9H4ClF2IS/c10-6-3-7-4(2-8(13)14-7)1-5(6)9(11)12/h1-3,9H. The molecule has 0 amide bonds. The summed E-state index contributed by atoms with van der Waals surface area (Å²) in [6.07, 6.45) is -2.51. The summed E-state index contributed by atoms with van der Waals surface area (Å²) in [5.41, 5.74) is -0.0895. The number of hydrogen-bond donors (Lipinski definition) is 0. The lowest BCUT2D eigenvalue weighted by molar-refractivity contribution is 0.151. The van der Waals surface area contributed by atoms with Crippen LogP contribution in [0.5, 0.6) is 0 Å². The number of rotatable bonds is 1. The van der Waals surface area contributed by atoms with Crippen molar-refractivity contribution in [3.8, 4) is 0 Å². The van der Waals surface area contributed by atoms with E-state index < -0.39 is 6.43 Å². The molecule has 0 spiro atoms. The maximum absolute atomic E-state index is 12.5. The predicted molar refractivity (Wildman–Crippen MR) is 64.5 cm³/mol. The van der Waals surface area contributed by atoms with Crippen LogP contribution in [0, 0.1) is 2.88 Å². The Morgan fingerprint density at radius 3 is 2.64 bits per heavy atom. The molecule has 2 rings (SSSR count). The average Bonchev–Trinajstić information content (AvgIpc) is 2.42. The lowest BCUT2D eigenvalue weighted by Crippen LogP contribution is -1.84. The van der Waals surface area contributed by atoms with Crippen molar-refractivity contribution < 1.29 is 8.78 Å². The van der Waals surface area contributed by atoms with Crippen LogP contribution in [0.1, 0.15) is 12.0 Å². The van der Waals surface area contributed by atoms with Crippen molar-refractivity contribution in [1.82, 2.24) is 0 Å². The molecule has 14 heavy (non-hydrogen) atoms. The summed E-state index contributed by atoms with van der Waals surface area (Å²) in [4.78, 5) is 0. The lowest BCUT2D eigenvalue weighted by atomic mass is 10.2. The second-order valence-corrected chi connectivity index (χ2v) is 6.15. The molecular weight excluding hydrogens is 341 g/mol. The Morgan fingerprint density at radius 2 is 2.00 bits per heavy atom. The van der Waals surface area contributed by atoms with Crippen molar-refractivity contribution >= 4 is 55.6 Å². The number of fused-ring (bicyclic) bond motifs is 1. The number of thiophene rings is 1. The van der Waals surface area contributed by atoms with Gasteiger partial charge in [0.1, 0.15) is 0 Å². The minimum absolute atomic E-state index is 0.0895. The highest BCUT2D eigenvalue weighted by molar-refractivity contribution is 14.1. The van der Waals surface area contributed by atoms with E-state index in [9.17, 15) is 8.78 Å². The zero-order valence-corrected chi connectivity index (χ0v) is 10.5. The number of benzene rings is 1. The number of hydrogen-bond acceptors (Lipinski definition) is 1. The lowest BCUT2D eigenvalue weighted by Gasteiger charge is -2.02. The molecule has 2 aromatic rings. The van der Waals surface area contributed by atoms with Crippen molar-refractivity contribution in [3.05, 3.63) is 31.7 Å². The van der Waals surface area contributed by atoms with Crippen LogP contribution in [0.4, 0.5) is 8.78 Å². The highest BCUT2D eigenvalue weighted by Gasteiger charge is 2.13. The van der Waals surface area contributed by atoms with E-state index in [1.165, 1.54) is 6.07 Å². The Labute approximate surface area is 102 Å². The summed E-state index contributed by atoms with van der Waals surface area (Å²) >= 11 is 9.44. The Balaban J connectivity index is 2.70. The molecule has 0 aliphatic carbocycles. The minimum Gasteiger partial charge on any atom is -0.205 e. The van der Waals surface area contributed by atoms with Crippen LogP contribution in [0.3, 0.4) is 0 Å². The van der Waals surface area contributed by atoms with Crippen molar-refractivity contribution in [1.29, 1.82) is 0 Å². The molecule has 0 fully saturated rings. The summed E-state index contributed by atoms with van der Waals surface area (Å²) in [6.45, 7) is 0. The first kappa shape index (κ1) is 10.6. The van der Waals surface area contributed by atoms with E-state index in [1.54, 1.807) is 17.4 Å². The van der Waals surface area contributed by atoms with Gasteiger partial charge in [-0.1, -0.05) is 11.6 Å². The van der Waals surface area contributed by atoms with Crippen LogP contribution < -0.4 is 0 Å². The molecule has 0 unspecified atom stereocenters. The van der Waals surface area contributed by atoms with Gasteiger partial charge >= 0.3 is 0 Å². The van der Waals surface area contributed by atoms with Crippen LogP contribution in [0.2, 0.25) is 5.02 Å². The van der Waals surface area contributed by atoms with E-state index in [2.05, 4.69) is 22.6 Å². The molecule has 5 heteroatoms. The molecule has 0 atom stereocenters. The van der Waals surface area contributed by atoms with Gasteiger partial charge < -0.3 is 0 Å². The van der Waals surface area contributed by atoms with Gasteiger partial charge in [-0.05, 0) is 46.2 Å². The summed E-state index contributed by atoms with van der Waals surface area (Å²) in [5.74, 6) is 0. The third kappa shape index (κ3) is 1.87. The molecule has 0 nitrogen and oxygen atoms in total. The van der Waals surface area contributed by atoms with Gasteiger partial charge in [0, 0.05) is 10.3 Å². The van der Waals surface area contributed by atoms with Crippen molar-refractivity contribution in [2.45, 2.75) is 6.43 Å². The molecule has 1 aromatic heterocycles. The maximum atomic E-state index is 12.5. The third-order valence-corrected chi connectivity index (χ3v) is 4.03. The largest absolute Gasteiger partial charge is 0.265 e. The average molecular weight is 345 g/mol. The van der Waals surface area contributed by atoms with Gasteiger partial charge in [0.2, 0.25) is 0 Å². The summed E-state index contributed by atoms with van der Waals surface area (Å²) in [5, 5.41) is 0.977. The molecule has 74 valence electrons. The fourth-order valence-electron chi connectivity index (χ4n) is 1.21. The molecule has 0 aliphatic heterocycles. The van der Waals surface area contributed by atoms with Crippen molar-refractivity contribution in [3.63, 3.8) is 0 Å². The van der Waals surface area contributed by atoms with E-state index in [1.807, 2.05) is 6.07 Å². The highest BCUT2D eigenvalue weighted by Crippen LogP contribution is 2.35. The molecule has 0 bridgehead atoms. The first-order chi connectivity index (χ1) is 6.58. The van der Waals surface area contributed by atoms with Crippen LogP contribution in [0.25, 0.3) is 10.1 Å². The van der Waals surface area contributed by atoms with Crippen molar-refractivity contribution in [2.24, 2.45) is 0 Å². The van der Waals surface area contributed by atoms with Crippen LogP contribution in [-0.4, -0.2) is 0 Å². The second-order valence-electron chi connectivity index (χ2n) is 2.76. The van der Waals surface area contributed by atoms with Gasteiger partial charge in [0.05, 0.1) is 7.91 Å². The number of alkyl halides is 2. The monoisotopic (exact) mass is 344 g/mol.